The van der Waals surface area contributed by atoms with Gasteiger partial charge in [-0.3, -0.25) is 9.48 Å². The van der Waals surface area contributed by atoms with Gasteiger partial charge in [0, 0.05) is 25.4 Å². The molecule has 0 radical (unpaired) electrons. The van der Waals surface area contributed by atoms with Gasteiger partial charge in [0.2, 0.25) is 5.91 Å². The first-order valence-corrected chi connectivity index (χ1v) is 5.46. The number of aromatic nitrogens is 2. The monoisotopic (exact) mass is 280 g/mol. The third-order valence-electron chi connectivity index (χ3n) is 2.18. The number of nitrogens with one attached hydrogen (secondary N) is 1. The number of hydrogen-bond acceptors (Lipinski definition) is 4. The molecule has 0 aliphatic carbocycles. The van der Waals surface area contributed by atoms with E-state index in [0.717, 1.165) is 0 Å². The predicted molar refractivity (Wildman–Crippen MR) is 60.0 cm³/mol. The Morgan fingerprint density at radius 1 is 1.63 bits per heavy atom. The minimum absolute atomic E-state index is 0.0388. The average molecular weight is 280 g/mol. The predicted octanol–water partition coefficient (Wildman–Crippen LogP) is 0.115. The van der Waals surface area contributed by atoms with Crippen LogP contribution in [0.25, 0.3) is 0 Å². The summed E-state index contributed by atoms with van der Waals surface area (Å²) >= 11 is 0. The maximum atomic E-state index is 11.8. The number of alkyl halides is 3. The molecular formula is C10H15F3N4O2. The van der Waals surface area contributed by atoms with Gasteiger partial charge in [-0.2, -0.15) is 18.3 Å². The van der Waals surface area contributed by atoms with Crippen LogP contribution >= 0.6 is 0 Å². The van der Waals surface area contributed by atoms with Crippen molar-refractivity contribution < 1.29 is 22.7 Å². The Labute approximate surface area is 107 Å². The number of amides is 1. The van der Waals surface area contributed by atoms with Gasteiger partial charge in [0.25, 0.3) is 0 Å². The van der Waals surface area contributed by atoms with Gasteiger partial charge in [0.15, 0.2) is 0 Å². The molecule has 1 aromatic heterocycles. The number of nitrogens with zero attached hydrogens (tertiary/aromatic N) is 2. The Balaban J connectivity index is 2.24. The molecule has 0 saturated carbocycles. The summed E-state index contributed by atoms with van der Waals surface area (Å²) in [6, 6.07) is -0.906. The molecule has 0 fully saturated rings. The van der Waals surface area contributed by atoms with E-state index in [2.05, 4.69) is 15.2 Å². The van der Waals surface area contributed by atoms with Gasteiger partial charge in [0.1, 0.15) is 12.6 Å². The number of carbonyl (C=O) groups excluding carboxylic acids is 1. The molecule has 108 valence electrons. The third kappa shape index (κ3) is 5.71. The lowest BCUT2D eigenvalue weighted by atomic mass is 10.1. The maximum Gasteiger partial charge on any atom is 0.411 e. The third-order valence-corrected chi connectivity index (χ3v) is 2.18. The summed E-state index contributed by atoms with van der Waals surface area (Å²) < 4.78 is 41.1. The molecule has 1 atom stereocenters. The molecule has 19 heavy (non-hydrogen) atoms. The van der Waals surface area contributed by atoms with Crippen molar-refractivity contribution in [2.75, 3.05) is 19.8 Å². The fraction of sp³-hybridized carbons (Fsp3) is 0.600. The molecule has 0 aliphatic heterocycles. The van der Waals surface area contributed by atoms with E-state index in [1.807, 2.05) is 0 Å². The molecule has 1 aromatic rings. The highest BCUT2D eigenvalue weighted by atomic mass is 19.4. The van der Waals surface area contributed by atoms with Crippen LogP contribution in [0.3, 0.4) is 0 Å². The Hall–Kier alpha value is -1.61. The molecule has 0 spiro atoms. The topological polar surface area (TPSA) is 82.2 Å². The van der Waals surface area contributed by atoms with Crippen molar-refractivity contribution in [2.45, 2.75) is 12.2 Å². The van der Waals surface area contributed by atoms with E-state index in [9.17, 15) is 18.0 Å². The van der Waals surface area contributed by atoms with Crippen molar-refractivity contribution in [3.05, 3.63) is 18.0 Å². The number of rotatable bonds is 6. The molecule has 0 saturated heterocycles. The first-order chi connectivity index (χ1) is 8.79. The Bertz CT molecular complexity index is 419. The van der Waals surface area contributed by atoms with E-state index in [4.69, 9.17) is 5.73 Å². The summed E-state index contributed by atoms with van der Waals surface area (Å²) in [6.45, 7) is -1.61. The van der Waals surface area contributed by atoms with Gasteiger partial charge in [-0.25, -0.2) is 0 Å². The summed E-state index contributed by atoms with van der Waals surface area (Å²) in [5.74, 6) is -0.497. The molecule has 0 aromatic carbocycles. The van der Waals surface area contributed by atoms with Gasteiger partial charge in [-0.1, -0.05) is 0 Å². The van der Waals surface area contributed by atoms with E-state index in [1.165, 1.54) is 10.9 Å². The molecule has 1 rings (SSSR count). The minimum atomic E-state index is -4.36. The fourth-order valence-electron chi connectivity index (χ4n) is 1.30. The summed E-state index contributed by atoms with van der Waals surface area (Å²) in [5, 5.41) is 6.25. The molecule has 3 N–H and O–H groups in total. The highest BCUT2D eigenvalue weighted by Gasteiger charge is 2.27. The standard InChI is InChI=1S/C10H15F3N4O2/c1-17-5-7(4-16-17)8(14)9(18)15-2-3-19-6-10(11,12)13/h4-5,8H,2-3,6,14H2,1H3,(H,15,18). The van der Waals surface area contributed by atoms with Crippen LogP contribution in [0.5, 0.6) is 0 Å². The van der Waals surface area contributed by atoms with Crippen molar-refractivity contribution in [3.63, 3.8) is 0 Å². The zero-order valence-corrected chi connectivity index (χ0v) is 10.3. The van der Waals surface area contributed by atoms with E-state index >= 15 is 0 Å². The Morgan fingerprint density at radius 2 is 2.32 bits per heavy atom. The second-order valence-corrected chi connectivity index (χ2v) is 3.88. The molecule has 0 aliphatic rings. The lowest BCUT2D eigenvalue weighted by Gasteiger charge is -2.11. The Kier molecular flexibility index (Phi) is 5.31. The van der Waals surface area contributed by atoms with Crippen LogP contribution in [-0.2, 0) is 16.6 Å². The van der Waals surface area contributed by atoms with Gasteiger partial charge in [0.05, 0.1) is 12.8 Å². The second kappa shape index (κ2) is 6.53. The highest BCUT2D eigenvalue weighted by Crippen LogP contribution is 2.14. The van der Waals surface area contributed by atoms with Crippen molar-refractivity contribution in [3.8, 4) is 0 Å². The molecule has 6 nitrogen and oxygen atoms in total. The molecular weight excluding hydrogens is 265 g/mol. The van der Waals surface area contributed by atoms with E-state index in [-0.39, 0.29) is 13.2 Å². The van der Waals surface area contributed by atoms with E-state index in [1.54, 1.807) is 13.2 Å². The maximum absolute atomic E-state index is 11.8. The number of nitrogens with two attached hydrogens (primary N) is 1. The Morgan fingerprint density at radius 3 is 2.84 bits per heavy atom. The number of carbonyl (C=O) groups is 1. The summed E-state index contributed by atoms with van der Waals surface area (Å²) in [7, 11) is 1.68. The normalized spacial score (nSPS) is 13.3. The smallest absolute Gasteiger partial charge is 0.370 e. The van der Waals surface area contributed by atoms with Crippen LogP contribution in [0.1, 0.15) is 11.6 Å². The first-order valence-electron chi connectivity index (χ1n) is 5.46. The quantitative estimate of drug-likeness (QED) is 0.725. The van der Waals surface area contributed by atoms with Gasteiger partial charge < -0.3 is 15.8 Å². The number of ether oxygens (including phenoxy) is 1. The van der Waals surface area contributed by atoms with Crippen molar-refractivity contribution in [2.24, 2.45) is 12.8 Å². The molecule has 0 bridgehead atoms. The number of halogens is 3. The van der Waals surface area contributed by atoms with Crippen LogP contribution in [-0.4, -0.2) is 41.6 Å². The lowest BCUT2D eigenvalue weighted by molar-refractivity contribution is -0.173. The second-order valence-electron chi connectivity index (χ2n) is 3.88. The average Bonchev–Trinajstić information content (AvgIpc) is 2.72. The van der Waals surface area contributed by atoms with Crippen LogP contribution < -0.4 is 11.1 Å². The van der Waals surface area contributed by atoms with Crippen LogP contribution in [0, 0.1) is 0 Å². The van der Waals surface area contributed by atoms with Crippen LogP contribution in [0.2, 0.25) is 0 Å². The number of aryl methyl sites for hydroxylation is 1. The molecule has 1 unspecified atom stereocenters. The summed E-state index contributed by atoms with van der Waals surface area (Å²) in [5.41, 5.74) is 6.17. The van der Waals surface area contributed by atoms with E-state index < -0.39 is 24.7 Å². The SMILES string of the molecule is Cn1cc(C(N)C(=O)NCCOCC(F)(F)F)cn1. The highest BCUT2D eigenvalue weighted by molar-refractivity contribution is 5.82. The molecule has 9 heteroatoms. The zero-order valence-electron chi connectivity index (χ0n) is 10.3. The molecule has 1 amide bonds. The number of hydrogen-bond donors (Lipinski definition) is 2. The van der Waals surface area contributed by atoms with Crippen molar-refractivity contribution >= 4 is 5.91 Å². The lowest BCUT2D eigenvalue weighted by Crippen LogP contribution is -2.36. The first kappa shape index (κ1) is 15.4. The van der Waals surface area contributed by atoms with Gasteiger partial charge in [-0.15, -0.1) is 0 Å². The van der Waals surface area contributed by atoms with E-state index in [0.29, 0.717) is 5.56 Å². The van der Waals surface area contributed by atoms with Crippen LogP contribution in [0.15, 0.2) is 12.4 Å². The van der Waals surface area contributed by atoms with Gasteiger partial charge in [-0.05, 0) is 0 Å². The summed E-state index contributed by atoms with van der Waals surface area (Å²) in [4.78, 5) is 11.6. The van der Waals surface area contributed by atoms with Crippen molar-refractivity contribution in [1.82, 2.24) is 15.1 Å². The minimum Gasteiger partial charge on any atom is -0.370 e. The van der Waals surface area contributed by atoms with Gasteiger partial charge >= 0.3 is 6.18 Å². The fourth-order valence-corrected chi connectivity index (χ4v) is 1.30. The largest absolute Gasteiger partial charge is 0.411 e. The summed E-state index contributed by atoms with van der Waals surface area (Å²) in [6.07, 6.45) is -1.33. The van der Waals surface area contributed by atoms with Crippen LogP contribution in [0.4, 0.5) is 13.2 Å². The van der Waals surface area contributed by atoms with Crippen molar-refractivity contribution in [1.29, 1.82) is 0 Å². The zero-order chi connectivity index (χ0) is 14.5. The molecule has 1 heterocycles.